The Bertz CT molecular complexity index is 1570. The zero-order valence-corrected chi connectivity index (χ0v) is 24.5. The molecule has 1 N–H and O–H groups in total. The number of aryl methyl sites for hydroxylation is 1. The molecule has 43 heavy (non-hydrogen) atoms. The highest BCUT2D eigenvalue weighted by Crippen LogP contribution is 2.33. The van der Waals surface area contributed by atoms with E-state index in [-0.39, 0.29) is 43.2 Å². The van der Waals surface area contributed by atoms with Crippen LogP contribution in [0.1, 0.15) is 39.9 Å². The number of aliphatic imine (C=N–C) groups is 1. The Balaban J connectivity index is 1.23. The average molecular weight is 620 g/mol. The Morgan fingerprint density at radius 3 is 2.40 bits per heavy atom. The van der Waals surface area contributed by atoms with Crippen molar-refractivity contribution in [3.8, 4) is 5.75 Å². The zero-order chi connectivity index (χ0) is 31.0. The number of amides is 2. The van der Waals surface area contributed by atoms with Crippen molar-refractivity contribution in [2.45, 2.75) is 31.7 Å². The molecule has 0 radical (unpaired) electrons. The van der Waals surface area contributed by atoms with Crippen molar-refractivity contribution in [2.75, 3.05) is 46.3 Å². The van der Waals surface area contributed by atoms with Crippen LogP contribution in [0.5, 0.6) is 5.75 Å². The standard InChI is InChI=1S/C29H32F3N5O5S/c1-20-18-23(26(38)36-15-13-35(2)14-16-36)7-6-21(20)8-17-43(40,41)37-11-9-28(10-12-37)27(39)33-25(34-28)22-4-3-5-24(19-22)42-29(30,31)32/h3-8,17-19H,9-16H2,1-2H3,(H,33,34,39). The summed E-state index contributed by atoms with van der Waals surface area (Å²) >= 11 is 0. The number of nitrogens with one attached hydrogen (secondary N) is 1. The van der Waals surface area contributed by atoms with Gasteiger partial charge in [0.15, 0.2) is 0 Å². The summed E-state index contributed by atoms with van der Waals surface area (Å²) < 4.78 is 69.4. The second kappa shape index (κ2) is 11.7. The van der Waals surface area contributed by atoms with E-state index in [4.69, 9.17) is 0 Å². The number of nitrogens with zero attached hydrogens (tertiary/aromatic N) is 4. The van der Waals surface area contributed by atoms with E-state index in [1.807, 2.05) is 18.9 Å². The molecule has 0 saturated carbocycles. The second-order valence-electron chi connectivity index (χ2n) is 10.9. The van der Waals surface area contributed by atoms with Gasteiger partial charge < -0.3 is 19.9 Å². The quantitative estimate of drug-likeness (QED) is 0.533. The third-order valence-corrected chi connectivity index (χ3v) is 9.52. The molecule has 14 heteroatoms. The van der Waals surface area contributed by atoms with Gasteiger partial charge in [0.05, 0.1) is 0 Å². The Morgan fingerprint density at radius 2 is 1.74 bits per heavy atom. The molecule has 1 spiro atoms. The lowest BCUT2D eigenvalue weighted by Crippen LogP contribution is -2.50. The first-order valence-electron chi connectivity index (χ1n) is 13.8. The Morgan fingerprint density at radius 1 is 1.05 bits per heavy atom. The van der Waals surface area contributed by atoms with Gasteiger partial charge in [-0.15, -0.1) is 13.2 Å². The summed E-state index contributed by atoms with van der Waals surface area (Å²) in [6.07, 6.45) is -3.15. The van der Waals surface area contributed by atoms with Crippen molar-refractivity contribution in [2.24, 2.45) is 4.99 Å². The third kappa shape index (κ3) is 6.92. The number of sulfonamides is 1. The van der Waals surface area contributed by atoms with Crippen molar-refractivity contribution in [3.05, 3.63) is 70.1 Å². The summed E-state index contributed by atoms with van der Waals surface area (Å²) in [5.74, 6) is -0.814. The monoisotopic (exact) mass is 619 g/mol. The maximum Gasteiger partial charge on any atom is 0.573 e. The van der Waals surface area contributed by atoms with E-state index in [1.165, 1.54) is 22.5 Å². The van der Waals surface area contributed by atoms with Crippen LogP contribution in [0.2, 0.25) is 0 Å². The highest BCUT2D eigenvalue weighted by Gasteiger charge is 2.47. The molecular formula is C29H32F3N5O5S. The number of benzene rings is 2. The van der Waals surface area contributed by atoms with Crippen molar-refractivity contribution >= 4 is 33.7 Å². The van der Waals surface area contributed by atoms with E-state index in [9.17, 15) is 31.2 Å². The minimum absolute atomic E-state index is 0.0333. The molecule has 2 aromatic rings. The summed E-state index contributed by atoms with van der Waals surface area (Å²) in [7, 11) is -1.81. The van der Waals surface area contributed by atoms with E-state index >= 15 is 0 Å². The highest BCUT2D eigenvalue weighted by molar-refractivity contribution is 7.92. The number of piperidine rings is 1. The highest BCUT2D eigenvalue weighted by atomic mass is 32.2. The van der Waals surface area contributed by atoms with Gasteiger partial charge in [-0.1, -0.05) is 18.2 Å². The van der Waals surface area contributed by atoms with Crippen LogP contribution in [0.4, 0.5) is 13.2 Å². The maximum atomic E-state index is 13.1. The normalized spacial score (nSPS) is 20.0. The lowest BCUT2D eigenvalue weighted by atomic mass is 9.89. The fourth-order valence-corrected chi connectivity index (χ4v) is 6.56. The number of likely N-dealkylation sites (N-methyl/N-ethyl adjacent to an activating group) is 1. The zero-order valence-electron chi connectivity index (χ0n) is 23.7. The number of hydrogen-bond donors (Lipinski definition) is 1. The molecule has 0 bridgehead atoms. The van der Waals surface area contributed by atoms with Crippen LogP contribution in [-0.2, 0) is 14.8 Å². The van der Waals surface area contributed by atoms with Crippen LogP contribution >= 0.6 is 0 Å². The lowest BCUT2D eigenvalue weighted by molar-refractivity contribution is -0.274. The molecule has 0 atom stereocenters. The third-order valence-electron chi connectivity index (χ3n) is 7.96. The second-order valence-corrected chi connectivity index (χ2v) is 12.8. The molecule has 0 aliphatic carbocycles. The van der Waals surface area contributed by atoms with Crippen molar-refractivity contribution in [1.82, 2.24) is 19.4 Å². The van der Waals surface area contributed by atoms with Gasteiger partial charge >= 0.3 is 6.36 Å². The average Bonchev–Trinajstić information content (AvgIpc) is 3.27. The van der Waals surface area contributed by atoms with Gasteiger partial charge in [0.25, 0.3) is 11.8 Å². The van der Waals surface area contributed by atoms with Gasteiger partial charge in [0, 0.05) is 55.8 Å². The number of amidine groups is 1. The van der Waals surface area contributed by atoms with Crippen molar-refractivity contribution in [3.63, 3.8) is 0 Å². The van der Waals surface area contributed by atoms with Crippen LogP contribution in [0.15, 0.2) is 52.9 Å². The van der Waals surface area contributed by atoms with Crippen molar-refractivity contribution < 1.29 is 35.9 Å². The van der Waals surface area contributed by atoms with E-state index in [1.54, 1.807) is 18.2 Å². The van der Waals surface area contributed by atoms with Gasteiger partial charge in [-0.3, -0.25) is 14.6 Å². The number of hydrogen-bond acceptors (Lipinski definition) is 7. The van der Waals surface area contributed by atoms with Gasteiger partial charge in [0.1, 0.15) is 17.1 Å². The Kier molecular flexibility index (Phi) is 8.38. The number of carbonyl (C=O) groups excluding carboxylic acids is 2. The van der Waals surface area contributed by atoms with E-state index in [0.29, 0.717) is 24.2 Å². The first kappa shape index (κ1) is 30.7. The summed E-state index contributed by atoms with van der Waals surface area (Å²) in [6, 6.07) is 10.3. The van der Waals surface area contributed by atoms with Crippen LogP contribution in [0.3, 0.4) is 0 Å². The fraction of sp³-hybridized carbons (Fsp3) is 0.414. The predicted molar refractivity (Wildman–Crippen MR) is 154 cm³/mol. The number of rotatable bonds is 6. The summed E-state index contributed by atoms with van der Waals surface area (Å²) in [6.45, 7) is 4.82. The Hall–Kier alpha value is -3.75. The van der Waals surface area contributed by atoms with Crippen LogP contribution in [-0.4, -0.2) is 98.4 Å². The number of piperazine rings is 1. The van der Waals surface area contributed by atoms with E-state index in [0.717, 1.165) is 36.2 Å². The van der Waals surface area contributed by atoms with E-state index in [2.05, 4.69) is 19.9 Å². The molecule has 3 aliphatic rings. The SMILES string of the molecule is Cc1cc(C(=O)N2CCN(C)CC2)ccc1C=CS(=O)(=O)N1CCC2(CC1)N=C(c1cccc(OC(F)(F)F)c1)NC2=O. The molecular weight excluding hydrogens is 587 g/mol. The number of halogens is 3. The van der Waals surface area contributed by atoms with Crippen LogP contribution in [0, 0.1) is 6.92 Å². The minimum atomic E-state index is -4.86. The first-order valence-corrected chi connectivity index (χ1v) is 15.3. The molecule has 10 nitrogen and oxygen atoms in total. The smallest absolute Gasteiger partial charge is 0.406 e. The van der Waals surface area contributed by atoms with Gasteiger partial charge in [0.2, 0.25) is 10.0 Å². The molecule has 2 aromatic carbocycles. The lowest BCUT2D eigenvalue weighted by Gasteiger charge is -2.34. The number of ether oxygens (including phenoxy) is 1. The van der Waals surface area contributed by atoms with Gasteiger partial charge in [-0.05, 0) is 68.3 Å². The Labute approximate surface area is 247 Å². The molecule has 5 rings (SSSR count). The molecule has 230 valence electrons. The molecule has 3 heterocycles. The van der Waals surface area contributed by atoms with Crippen LogP contribution in [0.25, 0.3) is 6.08 Å². The molecule has 0 aromatic heterocycles. The number of alkyl halides is 3. The van der Waals surface area contributed by atoms with Crippen molar-refractivity contribution in [1.29, 1.82) is 0 Å². The minimum Gasteiger partial charge on any atom is -0.406 e. The first-order chi connectivity index (χ1) is 20.2. The van der Waals surface area contributed by atoms with Crippen LogP contribution < -0.4 is 10.1 Å². The molecule has 2 amide bonds. The summed E-state index contributed by atoms with van der Waals surface area (Å²) in [4.78, 5) is 34.3. The van der Waals surface area contributed by atoms with Gasteiger partial charge in [-0.25, -0.2) is 8.42 Å². The topological polar surface area (TPSA) is 112 Å². The van der Waals surface area contributed by atoms with Gasteiger partial charge in [-0.2, -0.15) is 4.31 Å². The summed E-state index contributed by atoms with van der Waals surface area (Å²) in [5, 5.41) is 3.74. The molecule has 3 aliphatic heterocycles. The molecule has 0 unspecified atom stereocenters. The summed E-state index contributed by atoms with van der Waals surface area (Å²) in [5.41, 5.74) is 1.01. The largest absolute Gasteiger partial charge is 0.573 e. The number of carbonyl (C=O) groups is 2. The van der Waals surface area contributed by atoms with E-state index < -0.39 is 33.6 Å². The maximum absolute atomic E-state index is 13.1. The predicted octanol–water partition coefficient (Wildman–Crippen LogP) is 2.99. The molecule has 2 fully saturated rings. The fourth-order valence-electron chi connectivity index (χ4n) is 5.38. The molecule has 2 saturated heterocycles.